The Morgan fingerprint density at radius 2 is 2.29 bits per heavy atom. The van der Waals surface area contributed by atoms with Gasteiger partial charge in [-0.3, -0.25) is 0 Å². The minimum atomic E-state index is 0.889. The van der Waals surface area contributed by atoms with E-state index < -0.39 is 0 Å². The summed E-state index contributed by atoms with van der Waals surface area (Å²) in [7, 11) is 1.95. The highest BCUT2D eigenvalue weighted by Gasteiger charge is 2.06. The molecule has 17 heavy (non-hydrogen) atoms. The maximum absolute atomic E-state index is 4.45. The van der Waals surface area contributed by atoms with Crippen LogP contribution in [-0.2, 0) is 6.54 Å². The van der Waals surface area contributed by atoms with Gasteiger partial charge in [0.1, 0.15) is 0 Å². The maximum atomic E-state index is 4.45. The highest BCUT2D eigenvalue weighted by Crippen LogP contribution is 2.35. The largest absolute Gasteiger partial charge is 0.316 e. The summed E-state index contributed by atoms with van der Waals surface area (Å²) in [6, 6.07) is 6.43. The fraction of sp³-hybridized carbons (Fsp3) is 0.250. The van der Waals surface area contributed by atoms with E-state index in [1.54, 1.807) is 23.1 Å². The summed E-state index contributed by atoms with van der Waals surface area (Å²) in [6.07, 6.45) is 0. The molecule has 0 aliphatic carbocycles. The Hall–Kier alpha value is -0.360. The van der Waals surface area contributed by atoms with E-state index in [1.807, 2.05) is 14.0 Å². The van der Waals surface area contributed by atoms with E-state index in [-0.39, 0.29) is 0 Å². The normalized spacial score (nSPS) is 10.8. The highest BCUT2D eigenvalue weighted by atomic mass is 79.9. The summed E-state index contributed by atoms with van der Waals surface area (Å²) in [5.74, 6) is 0. The van der Waals surface area contributed by atoms with E-state index in [1.165, 1.54) is 10.5 Å². The lowest BCUT2D eigenvalue weighted by Crippen LogP contribution is -2.04. The summed E-state index contributed by atoms with van der Waals surface area (Å²) in [4.78, 5) is 5.66. The number of thiazole rings is 1. The van der Waals surface area contributed by atoms with Gasteiger partial charge in [-0.15, -0.1) is 11.3 Å². The summed E-state index contributed by atoms with van der Waals surface area (Å²) in [5.41, 5.74) is 2.36. The van der Waals surface area contributed by atoms with Crippen LogP contribution in [0.3, 0.4) is 0 Å². The molecule has 0 aliphatic rings. The van der Waals surface area contributed by atoms with Crippen LogP contribution in [0.4, 0.5) is 0 Å². The molecule has 2 aromatic rings. The van der Waals surface area contributed by atoms with Crippen LogP contribution in [0.5, 0.6) is 0 Å². The number of nitrogens with zero attached hydrogens (tertiary/aromatic N) is 1. The second-order valence-electron chi connectivity index (χ2n) is 3.65. The lowest BCUT2D eigenvalue weighted by atomic mass is 10.2. The lowest BCUT2D eigenvalue weighted by Gasteiger charge is -2.05. The molecule has 1 N–H and O–H groups in total. The van der Waals surface area contributed by atoms with Gasteiger partial charge in [0.2, 0.25) is 0 Å². The number of hydrogen-bond donors (Lipinski definition) is 1. The Morgan fingerprint density at radius 3 is 2.88 bits per heavy atom. The van der Waals surface area contributed by atoms with E-state index in [2.05, 4.69) is 49.8 Å². The molecule has 2 nitrogen and oxygen atoms in total. The van der Waals surface area contributed by atoms with E-state index in [0.29, 0.717) is 0 Å². The van der Waals surface area contributed by atoms with Crippen molar-refractivity contribution < 1.29 is 0 Å². The molecule has 0 aliphatic heterocycles. The molecule has 0 radical (unpaired) electrons. The van der Waals surface area contributed by atoms with Crippen molar-refractivity contribution in [3.63, 3.8) is 0 Å². The molecule has 0 saturated heterocycles. The standard InChI is InChI=1S/C12H13BrN2S2/c1-8-7-16-12(15-8)17-11-4-3-9(6-14-2)5-10(11)13/h3-5,7,14H,6H2,1-2H3. The molecule has 1 heterocycles. The van der Waals surface area contributed by atoms with E-state index in [4.69, 9.17) is 0 Å². The number of aryl methyl sites for hydroxylation is 1. The van der Waals surface area contributed by atoms with Crippen molar-refractivity contribution in [2.24, 2.45) is 0 Å². The highest BCUT2D eigenvalue weighted by molar-refractivity contribution is 9.10. The van der Waals surface area contributed by atoms with Gasteiger partial charge < -0.3 is 5.32 Å². The molecule has 2 rings (SSSR count). The Balaban J connectivity index is 2.16. The quantitative estimate of drug-likeness (QED) is 0.915. The minimum absolute atomic E-state index is 0.889. The fourth-order valence-corrected chi connectivity index (χ4v) is 3.88. The predicted molar refractivity (Wildman–Crippen MR) is 77.9 cm³/mol. The van der Waals surface area contributed by atoms with Crippen LogP contribution < -0.4 is 5.32 Å². The number of rotatable bonds is 4. The van der Waals surface area contributed by atoms with Crippen molar-refractivity contribution in [3.8, 4) is 0 Å². The van der Waals surface area contributed by atoms with Crippen LogP contribution in [0, 0.1) is 6.92 Å². The third-order valence-electron chi connectivity index (χ3n) is 2.17. The minimum Gasteiger partial charge on any atom is -0.316 e. The summed E-state index contributed by atoms with van der Waals surface area (Å²) in [6.45, 7) is 2.91. The first kappa shape index (κ1) is 13.1. The summed E-state index contributed by atoms with van der Waals surface area (Å²) in [5, 5.41) is 5.22. The second-order valence-corrected chi connectivity index (χ2v) is 6.65. The van der Waals surface area contributed by atoms with Gasteiger partial charge in [0.05, 0.1) is 0 Å². The molecule has 0 fully saturated rings. The molecule has 90 valence electrons. The van der Waals surface area contributed by atoms with Crippen LogP contribution in [-0.4, -0.2) is 12.0 Å². The van der Waals surface area contributed by atoms with Gasteiger partial charge in [0, 0.05) is 27.0 Å². The summed E-state index contributed by atoms with van der Waals surface area (Å²) < 4.78 is 2.22. The van der Waals surface area contributed by atoms with Crippen molar-refractivity contribution in [1.82, 2.24) is 10.3 Å². The number of halogens is 1. The molecule has 0 atom stereocenters. The van der Waals surface area contributed by atoms with Gasteiger partial charge >= 0.3 is 0 Å². The van der Waals surface area contributed by atoms with E-state index in [0.717, 1.165) is 21.1 Å². The average Bonchev–Trinajstić information content (AvgIpc) is 2.69. The zero-order valence-corrected chi connectivity index (χ0v) is 12.9. The van der Waals surface area contributed by atoms with Gasteiger partial charge in [-0.1, -0.05) is 17.8 Å². The van der Waals surface area contributed by atoms with Crippen molar-refractivity contribution >= 4 is 39.0 Å². The Bertz CT molecular complexity index is 511. The smallest absolute Gasteiger partial charge is 0.154 e. The Kier molecular flexibility index (Phi) is 4.62. The molecule has 5 heteroatoms. The predicted octanol–water partition coefficient (Wildman–Crippen LogP) is 4.08. The van der Waals surface area contributed by atoms with Gasteiger partial charge in [-0.2, -0.15) is 0 Å². The van der Waals surface area contributed by atoms with Crippen LogP contribution in [0.15, 0.2) is 37.3 Å². The van der Waals surface area contributed by atoms with Gasteiger partial charge in [0.25, 0.3) is 0 Å². The van der Waals surface area contributed by atoms with Crippen molar-refractivity contribution in [3.05, 3.63) is 39.3 Å². The molecule has 1 aromatic heterocycles. The average molecular weight is 329 g/mol. The molecular weight excluding hydrogens is 316 g/mol. The fourth-order valence-electron chi connectivity index (χ4n) is 1.41. The topological polar surface area (TPSA) is 24.9 Å². The van der Waals surface area contributed by atoms with Gasteiger partial charge in [-0.05, 0) is 47.6 Å². The molecule has 0 bridgehead atoms. The van der Waals surface area contributed by atoms with Crippen LogP contribution in [0.1, 0.15) is 11.3 Å². The molecule has 0 amide bonds. The SMILES string of the molecule is CNCc1ccc(Sc2nc(C)cs2)c(Br)c1. The van der Waals surface area contributed by atoms with Gasteiger partial charge in [0.15, 0.2) is 4.34 Å². The van der Waals surface area contributed by atoms with Crippen LogP contribution in [0.2, 0.25) is 0 Å². The molecule has 0 unspecified atom stereocenters. The van der Waals surface area contributed by atoms with Crippen LogP contribution >= 0.6 is 39.0 Å². The van der Waals surface area contributed by atoms with Crippen molar-refractivity contribution in [1.29, 1.82) is 0 Å². The monoisotopic (exact) mass is 328 g/mol. The third kappa shape index (κ3) is 3.55. The van der Waals surface area contributed by atoms with Crippen molar-refractivity contribution in [2.45, 2.75) is 22.7 Å². The molecular formula is C12H13BrN2S2. The number of hydrogen-bond acceptors (Lipinski definition) is 4. The van der Waals surface area contributed by atoms with Crippen molar-refractivity contribution in [2.75, 3.05) is 7.05 Å². The maximum Gasteiger partial charge on any atom is 0.154 e. The molecule has 0 saturated carbocycles. The first-order valence-electron chi connectivity index (χ1n) is 5.22. The van der Waals surface area contributed by atoms with Crippen LogP contribution in [0.25, 0.3) is 0 Å². The number of benzene rings is 1. The van der Waals surface area contributed by atoms with E-state index >= 15 is 0 Å². The number of nitrogens with one attached hydrogen (secondary N) is 1. The molecule has 0 spiro atoms. The van der Waals surface area contributed by atoms with Gasteiger partial charge in [-0.25, -0.2) is 4.98 Å². The second kappa shape index (κ2) is 6.00. The van der Waals surface area contributed by atoms with E-state index in [9.17, 15) is 0 Å². The third-order valence-corrected chi connectivity index (χ3v) is 5.22. The Labute approximate surface area is 118 Å². The lowest BCUT2D eigenvalue weighted by molar-refractivity contribution is 0.816. The first-order valence-corrected chi connectivity index (χ1v) is 7.71. The number of aromatic nitrogens is 1. The zero-order valence-electron chi connectivity index (χ0n) is 9.66. The molecule has 1 aromatic carbocycles. The first-order chi connectivity index (χ1) is 8.19. The summed E-state index contributed by atoms with van der Waals surface area (Å²) >= 11 is 7.00. The Morgan fingerprint density at radius 1 is 1.47 bits per heavy atom. The zero-order chi connectivity index (χ0) is 12.3.